The Labute approximate surface area is 165 Å². The van der Waals surface area contributed by atoms with Crippen molar-refractivity contribution in [3.05, 3.63) is 52.0 Å². The number of hydrogen-bond acceptors (Lipinski definition) is 3. The molecule has 0 aliphatic heterocycles. The first-order chi connectivity index (χ1) is 12.7. The van der Waals surface area contributed by atoms with Gasteiger partial charge in [-0.1, -0.05) is 17.7 Å². The zero-order chi connectivity index (χ0) is 20.1. The lowest BCUT2D eigenvalue weighted by Crippen LogP contribution is -2.32. The molecular formula is C21H25ClN2O3. The minimum Gasteiger partial charge on any atom is -0.495 e. The van der Waals surface area contributed by atoms with Crippen LogP contribution in [0.1, 0.15) is 30.0 Å². The molecule has 1 N–H and O–H groups in total. The second-order valence-corrected chi connectivity index (χ2v) is 6.95. The maximum Gasteiger partial charge on any atom is 0.226 e. The largest absolute Gasteiger partial charge is 0.495 e. The van der Waals surface area contributed by atoms with Crippen LogP contribution in [0.2, 0.25) is 5.02 Å². The number of nitrogens with one attached hydrogen (secondary N) is 1. The van der Waals surface area contributed by atoms with Gasteiger partial charge in [-0.3, -0.25) is 9.59 Å². The van der Waals surface area contributed by atoms with Crippen molar-refractivity contribution in [3.63, 3.8) is 0 Å². The van der Waals surface area contributed by atoms with Gasteiger partial charge in [0.05, 0.1) is 12.8 Å². The van der Waals surface area contributed by atoms with E-state index >= 15 is 0 Å². The molecule has 0 unspecified atom stereocenters. The van der Waals surface area contributed by atoms with Crippen molar-refractivity contribution < 1.29 is 14.3 Å². The van der Waals surface area contributed by atoms with Crippen LogP contribution in [0.15, 0.2) is 30.3 Å². The van der Waals surface area contributed by atoms with Crippen LogP contribution in [0.3, 0.4) is 0 Å². The van der Waals surface area contributed by atoms with Crippen molar-refractivity contribution in [2.75, 3.05) is 23.9 Å². The highest BCUT2D eigenvalue weighted by atomic mass is 35.5. The van der Waals surface area contributed by atoms with Crippen molar-refractivity contribution in [1.82, 2.24) is 0 Å². The number of ether oxygens (including phenoxy) is 1. The zero-order valence-electron chi connectivity index (χ0n) is 16.4. The summed E-state index contributed by atoms with van der Waals surface area (Å²) in [6.07, 6.45) is 0.164. The summed E-state index contributed by atoms with van der Waals surface area (Å²) in [4.78, 5) is 26.0. The van der Waals surface area contributed by atoms with Gasteiger partial charge < -0.3 is 15.0 Å². The lowest BCUT2D eigenvalue weighted by atomic mass is 10.1. The molecule has 27 heavy (non-hydrogen) atoms. The minimum absolute atomic E-state index is 0.158. The summed E-state index contributed by atoms with van der Waals surface area (Å²) in [6.45, 7) is 7.58. The van der Waals surface area contributed by atoms with Gasteiger partial charge in [-0.2, -0.15) is 0 Å². The summed E-state index contributed by atoms with van der Waals surface area (Å²) in [5, 5.41) is 3.44. The summed E-state index contributed by atoms with van der Waals surface area (Å²) in [5.74, 6) is 0.165. The van der Waals surface area contributed by atoms with Crippen LogP contribution in [0.4, 0.5) is 11.4 Å². The van der Waals surface area contributed by atoms with Gasteiger partial charge in [-0.15, -0.1) is 0 Å². The molecule has 2 aromatic rings. The van der Waals surface area contributed by atoms with E-state index in [1.54, 1.807) is 12.1 Å². The van der Waals surface area contributed by atoms with Crippen molar-refractivity contribution in [2.45, 2.75) is 34.1 Å². The SMILES string of the molecule is COc1cc(Cl)c(C)cc1N(CCC(=O)Nc1ccc(C)c(C)c1)C(C)=O. The molecule has 2 aromatic carbocycles. The molecule has 6 heteroatoms. The second-order valence-electron chi connectivity index (χ2n) is 6.54. The first kappa shape index (κ1) is 20.8. The molecule has 0 saturated carbocycles. The molecular weight excluding hydrogens is 364 g/mol. The highest BCUT2D eigenvalue weighted by Crippen LogP contribution is 2.34. The first-order valence-corrected chi connectivity index (χ1v) is 9.10. The number of benzene rings is 2. The highest BCUT2D eigenvalue weighted by molar-refractivity contribution is 6.31. The van der Waals surface area contributed by atoms with Gasteiger partial charge in [0.2, 0.25) is 11.8 Å². The summed E-state index contributed by atoms with van der Waals surface area (Å²) in [6, 6.07) is 9.24. The number of carbonyl (C=O) groups is 2. The van der Waals surface area contributed by atoms with Gasteiger partial charge in [0.1, 0.15) is 5.75 Å². The molecule has 0 atom stereocenters. The van der Waals surface area contributed by atoms with E-state index in [-0.39, 0.29) is 24.8 Å². The fraction of sp³-hybridized carbons (Fsp3) is 0.333. The van der Waals surface area contributed by atoms with Crippen LogP contribution in [0.25, 0.3) is 0 Å². The number of amides is 2. The molecule has 2 amide bonds. The molecule has 0 radical (unpaired) electrons. The summed E-state index contributed by atoms with van der Waals surface area (Å²) < 4.78 is 5.36. The number of anilines is 2. The maximum atomic E-state index is 12.3. The predicted octanol–water partition coefficient (Wildman–Crippen LogP) is 4.66. The number of methoxy groups -OCH3 is 1. The number of halogens is 1. The van der Waals surface area contributed by atoms with E-state index in [1.807, 2.05) is 39.0 Å². The Morgan fingerprint density at radius 2 is 1.78 bits per heavy atom. The van der Waals surface area contributed by atoms with Crippen LogP contribution in [0.5, 0.6) is 5.75 Å². The highest BCUT2D eigenvalue weighted by Gasteiger charge is 2.19. The number of carbonyl (C=O) groups excluding carboxylic acids is 2. The van der Waals surface area contributed by atoms with Gasteiger partial charge in [-0.05, 0) is 55.7 Å². The van der Waals surface area contributed by atoms with Crippen LogP contribution >= 0.6 is 11.6 Å². The Hall–Kier alpha value is -2.53. The van der Waals surface area contributed by atoms with Crippen LogP contribution in [-0.4, -0.2) is 25.5 Å². The summed E-state index contributed by atoms with van der Waals surface area (Å²) in [7, 11) is 1.52. The lowest BCUT2D eigenvalue weighted by Gasteiger charge is -2.24. The molecule has 0 bridgehead atoms. The number of hydrogen-bond donors (Lipinski definition) is 1. The fourth-order valence-corrected chi connectivity index (χ4v) is 2.88. The van der Waals surface area contributed by atoms with Crippen molar-refractivity contribution in [1.29, 1.82) is 0 Å². The summed E-state index contributed by atoms with van der Waals surface area (Å²) >= 11 is 6.14. The average molecular weight is 389 g/mol. The third-order valence-corrected chi connectivity index (χ3v) is 4.89. The van der Waals surface area contributed by atoms with E-state index in [9.17, 15) is 9.59 Å². The quantitative estimate of drug-likeness (QED) is 0.783. The predicted molar refractivity (Wildman–Crippen MR) is 110 cm³/mol. The third-order valence-electron chi connectivity index (χ3n) is 4.48. The molecule has 0 fully saturated rings. The van der Waals surface area contributed by atoms with Crippen molar-refractivity contribution in [3.8, 4) is 5.75 Å². The molecule has 2 rings (SSSR count). The monoisotopic (exact) mass is 388 g/mol. The fourth-order valence-electron chi connectivity index (χ4n) is 2.73. The van der Waals surface area contributed by atoms with Gasteiger partial charge in [0, 0.05) is 36.7 Å². The Kier molecular flexibility index (Phi) is 6.86. The second kappa shape index (κ2) is 8.91. The molecule has 0 aromatic heterocycles. The summed E-state index contributed by atoms with van der Waals surface area (Å²) in [5.41, 5.74) is 4.46. The topological polar surface area (TPSA) is 58.6 Å². The van der Waals surface area contributed by atoms with E-state index in [4.69, 9.17) is 16.3 Å². The zero-order valence-corrected chi connectivity index (χ0v) is 17.1. The Balaban J connectivity index is 2.13. The van der Waals surface area contributed by atoms with E-state index in [1.165, 1.54) is 24.5 Å². The minimum atomic E-state index is -0.172. The normalized spacial score (nSPS) is 10.4. The molecule has 0 saturated heterocycles. The molecule has 144 valence electrons. The Morgan fingerprint density at radius 1 is 1.07 bits per heavy atom. The van der Waals surface area contributed by atoms with E-state index in [0.29, 0.717) is 16.5 Å². The van der Waals surface area contributed by atoms with E-state index in [2.05, 4.69) is 5.32 Å². The average Bonchev–Trinajstić information content (AvgIpc) is 2.60. The molecule has 5 nitrogen and oxygen atoms in total. The third kappa shape index (κ3) is 5.23. The standard InChI is InChI=1S/C21H25ClN2O3/c1-13-6-7-17(10-14(13)2)23-21(26)8-9-24(16(4)25)19-11-15(3)18(22)12-20(19)27-5/h6-7,10-12H,8-9H2,1-5H3,(H,23,26). The molecule has 0 spiro atoms. The Morgan fingerprint density at radius 3 is 2.37 bits per heavy atom. The van der Waals surface area contributed by atoms with Crippen molar-refractivity contribution in [2.24, 2.45) is 0 Å². The Bertz CT molecular complexity index is 865. The van der Waals surface area contributed by atoms with Gasteiger partial charge in [0.15, 0.2) is 0 Å². The van der Waals surface area contributed by atoms with Gasteiger partial charge in [-0.25, -0.2) is 0 Å². The number of aryl methyl sites for hydroxylation is 3. The van der Waals surface area contributed by atoms with Crippen LogP contribution < -0.4 is 15.0 Å². The van der Waals surface area contributed by atoms with Crippen LogP contribution in [0, 0.1) is 20.8 Å². The van der Waals surface area contributed by atoms with E-state index < -0.39 is 0 Å². The number of nitrogens with zero attached hydrogens (tertiary/aromatic N) is 1. The van der Waals surface area contributed by atoms with E-state index in [0.717, 1.165) is 16.8 Å². The number of rotatable bonds is 6. The lowest BCUT2D eigenvalue weighted by molar-refractivity contribution is -0.117. The molecule has 0 aliphatic carbocycles. The molecule has 0 heterocycles. The van der Waals surface area contributed by atoms with Crippen molar-refractivity contribution >= 4 is 34.8 Å². The smallest absolute Gasteiger partial charge is 0.226 e. The molecule has 0 aliphatic rings. The first-order valence-electron chi connectivity index (χ1n) is 8.72. The van der Waals surface area contributed by atoms with Gasteiger partial charge >= 0.3 is 0 Å². The maximum absolute atomic E-state index is 12.3. The van der Waals surface area contributed by atoms with Gasteiger partial charge in [0.25, 0.3) is 0 Å². The van der Waals surface area contributed by atoms with Crippen LogP contribution in [-0.2, 0) is 9.59 Å².